The highest BCUT2D eigenvalue weighted by Gasteiger charge is 2.03. The van der Waals surface area contributed by atoms with Crippen LogP contribution in [0.1, 0.15) is 0 Å². The summed E-state index contributed by atoms with van der Waals surface area (Å²) in [5.74, 6) is 0. The fourth-order valence-corrected chi connectivity index (χ4v) is 0.598. The maximum Gasteiger partial charge on any atom is 0.289 e. The smallest absolute Gasteiger partial charge is 0.289 e. The van der Waals surface area contributed by atoms with Gasteiger partial charge < -0.3 is 11.5 Å². The highest BCUT2D eigenvalue weighted by Crippen LogP contribution is 2.16. The molecule has 0 unspecified atom stereocenters. The summed E-state index contributed by atoms with van der Waals surface area (Å²) in [4.78, 5) is 10.6. The van der Waals surface area contributed by atoms with Crippen LogP contribution in [0, 0.1) is 0 Å². The van der Waals surface area contributed by atoms with Crippen LogP contribution in [0.4, 0.5) is 11.4 Å². The normalized spacial score (nSPS) is 9.70. The van der Waals surface area contributed by atoms with Gasteiger partial charge in [-0.1, -0.05) is 11.6 Å². The van der Waals surface area contributed by atoms with Crippen LogP contribution in [0.15, 0.2) is 4.79 Å². The van der Waals surface area contributed by atoms with Crippen LogP contribution in [0.3, 0.4) is 0 Å². The van der Waals surface area contributed by atoms with Crippen LogP contribution in [-0.2, 0) is 0 Å². The SMILES string of the molecule is Nc1c(Cl)n[nH]c(=O)c1N. The molecule has 0 saturated heterocycles. The van der Waals surface area contributed by atoms with Gasteiger partial charge in [0.2, 0.25) is 0 Å². The molecule has 1 aromatic rings. The van der Waals surface area contributed by atoms with Crippen molar-refractivity contribution in [3.05, 3.63) is 15.5 Å². The van der Waals surface area contributed by atoms with Gasteiger partial charge in [0.25, 0.3) is 5.56 Å². The zero-order chi connectivity index (χ0) is 7.72. The summed E-state index contributed by atoms with van der Waals surface area (Å²) >= 11 is 5.40. The quantitative estimate of drug-likeness (QED) is 0.481. The van der Waals surface area contributed by atoms with E-state index in [-0.39, 0.29) is 16.5 Å². The number of rotatable bonds is 0. The molecular formula is C4H5ClN4O. The Morgan fingerprint density at radius 2 is 2.00 bits per heavy atom. The summed E-state index contributed by atoms with van der Waals surface area (Å²) in [6.07, 6.45) is 0. The predicted molar refractivity (Wildman–Crippen MR) is 38.7 cm³/mol. The molecule has 0 radical (unpaired) electrons. The molecule has 0 aliphatic rings. The van der Waals surface area contributed by atoms with E-state index in [0.29, 0.717) is 0 Å². The Morgan fingerprint density at radius 3 is 2.50 bits per heavy atom. The van der Waals surface area contributed by atoms with E-state index in [1.807, 2.05) is 0 Å². The van der Waals surface area contributed by atoms with Gasteiger partial charge in [-0.3, -0.25) is 4.79 Å². The number of nitrogen functional groups attached to an aromatic ring is 2. The van der Waals surface area contributed by atoms with E-state index in [9.17, 15) is 4.79 Å². The van der Waals surface area contributed by atoms with Crippen LogP contribution < -0.4 is 17.0 Å². The number of H-pyrrole nitrogens is 1. The molecule has 5 nitrogen and oxygen atoms in total. The summed E-state index contributed by atoms with van der Waals surface area (Å²) < 4.78 is 0. The van der Waals surface area contributed by atoms with Gasteiger partial charge in [0.15, 0.2) is 5.15 Å². The van der Waals surface area contributed by atoms with Gasteiger partial charge in [0, 0.05) is 0 Å². The van der Waals surface area contributed by atoms with Crippen LogP contribution in [-0.4, -0.2) is 10.2 Å². The molecule has 0 saturated carbocycles. The van der Waals surface area contributed by atoms with Gasteiger partial charge in [-0.25, -0.2) is 5.10 Å². The van der Waals surface area contributed by atoms with E-state index in [0.717, 1.165) is 0 Å². The topological polar surface area (TPSA) is 97.8 Å². The molecule has 1 rings (SSSR count). The summed E-state index contributed by atoms with van der Waals surface area (Å²) in [7, 11) is 0. The molecule has 0 fully saturated rings. The summed E-state index contributed by atoms with van der Waals surface area (Å²) in [6, 6.07) is 0. The number of hydrogen-bond acceptors (Lipinski definition) is 4. The second-order valence-corrected chi connectivity index (χ2v) is 2.03. The van der Waals surface area contributed by atoms with E-state index < -0.39 is 5.56 Å². The summed E-state index contributed by atoms with van der Waals surface area (Å²) in [5.41, 5.74) is 9.83. The van der Waals surface area contributed by atoms with E-state index in [4.69, 9.17) is 23.1 Å². The minimum absolute atomic E-state index is 0.0112. The van der Waals surface area contributed by atoms with Crippen LogP contribution >= 0.6 is 11.6 Å². The maximum atomic E-state index is 10.6. The second kappa shape index (κ2) is 2.18. The lowest BCUT2D eigenvalue weighted by molar-refractivity contribution is 0.997. The Balaban J connectivity index is 3.49. The second-order valence-electron chi connectivity index (χ2n) is 1.67. The van der Waals surface area contributed by atoms with Gasteiger partial charge in [-0.15, -0.1) is 0 Å². The van der Waals surface area contributed by atoms with Crippen molar-refractivity contribution in [2.75, 3.05) is 11.5 Å². The van der Waals surface area contributed by atoms with Gasteiger partial charge >= 0.3 is 0 Å². The molecule has 6 heteroatoms. The number of nitrogens with zero attached hydrogens (tertiary/aromatic N) is 1. The molecule has 1 heterocycles. The van der Waals surface area contributed by atoms with Gasteiger partial charge in [-0.2, -0.15) is 5.10 Å². The average Bonchev–Trinajstić information content (AvgIpc) is 1.93. The van der Waals surface area contributed by atoms with Crippen LogP contribution in [0.2, 0.25) is 5.15 Å². The molecule has 54 valence electrons. The van der Waals surface area contributed by atoms with Crippen molar-refractivity contribution >= 4 is 23.0 Å². The number of aromatic amines is 1. The number of nitrogens with one attached hydrogen (secondary N) is 1. The molecule has 0 aromatic carbocycles. The third kappa shape index (κ3) is 0.906. The van der Waals surface area contributed by atoms with Crippen molar-refractivity contribution in [1.82, 2.24) is 10.2 Å². The third-order valence-electron chi connectivity index (χ3n) is 1.01. The third-order valence-corrected chi connectivity index (χ3v) is 1.30. The lowest BCUT2D eigenvalue weighted by atomic mass is 10.4. The monoisotopic (exact) mass is 160 g/mol. The van der Waals surface area contributed by atoms with Crippen molar-refractivity contribution < 1.29 is 0 Å². The van der Waals surface area contributed by atoms with Gasteiger partial charge in [0.05, 0.1) is 0 Å². The fraction of sp³-hybridized carbons (Fsp3) is 0. The molecule has 0 spiro atoms. The summed E-state index contributed by atoms with van der Waals surface area (Å²) in [5, 5.41) is 5.44. The largest absolute Gasteiger partial charge is 0.394 e. The summed E-state index contributed by atoms with van der Waals surface area (Å²) in [6.45, 7) is 0. The average molecular weight is 161 g/mol. The minimum Gasteiger partial charge on any atom is -0.394 e. The maximum absolute atomic E-state index is 10.6. The molecule has 0 aliphatic heterocycles. The number of halogens is 1. The lowest BCUT2D eigenvalue weighted by Crippen LogP contribution is -2.15. The molecule has 0 aliphatic carbocycles. The van der Waals surface area contributed by atoms with E-state index in [1.54, 1.807) is 0 Å². The first kappa shape index (κ1) is 6.88. The highest BCUT2D eigenvalue weighted by molar-refractivity contribution is 6.32. The molecule has 10 heavy (non-hydrogen) atoms. The van der Waals surface area contributed by atoms with Crippen molar-refractivity contribution in [1.29, 1.82) is 0 Å². The van der Waals surface area contributed by atoms with Crippen molar-refractivity contribution in [3.63, 3.8) is 0 Å². The lowest BCUT2D eigenvalue weighted by Gasteiger charge is -1.96. The standard InChI is InChI=1S/C4H5ClN4O/c5-3-1(6)2(7)4(10)9-8-3/h(H2,7,8)(H3,6,9,10). The molecule has 0 amide bonds. The Labute approximate surface area is 61.0 Å². The number of aromatic nitrogens is 2. The fourth-order valence-electron chi connectivity index (χ4n) is 0.454. The van der Waals surface area contributed by atoms with Crippen molar-refractivity contribution in [2.45, 2.75) is 0 Å². The first-order valence-corrected chi connectivity index (χ1v) is 2.80. The number of anilines is 2. The Bertz CT molecular complexity index is 307. The predicted octanol–water partition coefficient (Wildman–Crippen LogP) is -0.412. The molecule has 5 N–H and O–H groups in total. The van der Waals surface area contributed by atoms with E-state index >= 15 is 0 Å². The molecule has 0 bridgehead atoms. The zero-order valence-corrected chi connectivity index (χ0v) is 5.64. The van der Waals surface area contributed by atoms with E-state index in [1.165, 1.54) is 0 Å². The number of nitrogens with two attached hydrogens (primary N) is 2. The highest BCUT2D eigenvalue weighted by atomic mass is 35.5. The van der Waals surface area contributed by atoms with Gasteiger partial charge in [-0.05, 0) is 0 Å². The zero-order valence-electron chi connectivity index (χ0n) is 4.89. The molecule has 1 aromatic heterocycles. The van der Waals surface area contributed by atoms with E-state index in [2.05, 4.69) is 10.2 Å². The van der Waals surface area contributed by atoms with Crippen LogP contribution in [0.25, 0.3) is 0 Å². The van der Waals surface area contributed by atoms with Crippen LogP contribution in [0.5, 0.6) is 0 Å². The molecular weight excluding hydrogens is 156 g/mol. The van der Waals surface area contributed by atoms with Crippen molar-refractivity contribution in [3.8, 4) is 0 Å². The van der Waals surface area contributed by atoms with Gasteiger partial charge in [0.1, 0.15) is 11.4 Å². The minimum atomic E-state index is -0.526. The Kier molecular flexibility index (Phi) is 1.50. The Hall–Kier alpha value is -1.23. The first-order valence-electron chi connectivity index (χ1n) is 2.42. The Morgan fingerprint density at radius 1 is 1.40 bits per heavy atom. The first-order chi connectivity index (χ1) is 4.63. The number of hydrogen-bond donors (Lipinski definition) is 3. The molecule has 0 atom stereocenters. The van der Waals surface area contributed by atoms with Crippen molar-refractivity contribution in [2.24, 2.45) is 0 Å².